The highest BCUT2D eigenvalue weighted by Gasteiger charge is 2.57. The van der Waals surface area contributed by atoms with E-state index in [1.165, 1.54) is 224 Å². The largest absolute Gasteiger partial charge is 0.144 e. The summed E-state index contributed by atoms with van der Waals surface area (Å²) in [6.45, 7) is 14.5. The van der Waals surface area contributed by atoms with Crippen molar-refractivity contribution in [1.29, 1.82) is 0 Å². The second kappa shape index (κ2) is 26.7. The molecule has 0 radical (unpaired) electrons. The summed E-state index contributed by atoms with van der Waals surface area (Å²) in [5.41, 5.74) is 24.2. The third-order valence-corrected chi connectivity index (χ3v) is 22.3. The van der Waals surface area contributed by atoms with Crippen LogP contribution in [0.5, 0.6) is 0 Å². The first kappa shape index (κ1) is 57.2. The molecule has 0 amide bonds. The molecule has 0 atom stereocenters. The predicted octanol–water partition coefficient (Wildman–Crippen LogP) is 25.5. The summed E-state index contributed by atoms with van der Waals surface area (Å²) < 4.78 is 0. The topological polar surface area (TPSA) is 0 Å². The van der Waals surface area contributed by atoms with Gasteiger partial charge in [0.2, 0.25) is 0 Å². The summed E-state index contributed by atoms with van der Waals surface area (Å²) in [6, 6.07) is 38.2. The Hall–Kier alpha value is -4.02. The van der Waals surface area contributed by atoms with Crippen LogP contribution in [0.3, 0.4) is 0 Å². The van der Waals surface area contributed by atoms with Crippen LogP contribution in [0.1, 0.15) is 268 Å². The summed E-state index contributed by atoms with van der Waals surface area (Å²) in [7, 11) is 0. The molecule has 0 unspecified atom stereocenters. The summed E-state index contributed by atoms with van der Waals surface area (Å²) in [6.07, 6.45) is 38.5. The van der Waals surface area contributed by atoms with Crippen molar-refractivity contribution >= 4 is 34.0 Å². The first-order chi connectivity index (χ1) is 38.4. The molecule has 0 fully saturated rings. The van der Waals surface area contributed by atoms with Crippen molar-refractivity contribution in [2.24, 2.45) is 0 Å². The highest BCUT2D eigenvalue weighted by molar-refractivity contribution is 7.14. The van der Waals surface area contributed by atoms with Gasteiger partial charge in [0.25, 0.3) is 0 Å². The fourth-order valence-electron chi connectivity index (χ4n) is 15.7. The van der Waals surface area contributed by atoms with Crippen LogP contribution in [0.4, 0.5) is 0 Å². The van der Waals surface area contributed by atoms with Gasteiger partial charge in [-0.05, 0) is 175 Å². The standard InChI is InChI=1S/C75H96S3/c1-7-13-19-25-43-73(44-26-20-14-8-2)61-40-37-55(64-34-31-49-76-64)52-58(61)67-70(73)68-59-53-56(65-35-32-50-77-65)38-41-62(59)74(45-27-21-15-9-3,46-28-22-16-10-4)72(68)69-60-54-57(66-36-33-51-78-66)39-42-63(60)75(71(67)69,47-29-23-17-11-5)48-30-24-18-12-6/h31-42,49-54H,7-30,43-48H2,1-6H3. The van der Waals surface area contributed by atoms with Crippen LogP contribution in [0.15, 0.2) is 107 Å². The Morgan fingerprint density at radius 2 is 0.526 bits per heavy atom. The van der Waals surface area contributed by atoms with Crippen LogP contribution in [-0.4, -0.2) is 0 Å². The minimum absolute atomic E-state index is 0.0803. The smallest absolute Gasteiger partial charge is 0.0342 e. The molecule has 4 aromatic carbocycles. The maximum Gasteiger partial charge on any atom is 0.0342 e. The highest BCUT2D eigenvalue weighted by Crippen LogP contribution is 2.72. The van der Waals surface area contributed by atoms with E-state index in [0.29, 0.717) is 0 Å². The molecule has 3 aliphatic carbocycles. The molecular weight excluding hydrogens is 997 g/mol. The lowest BCUT2D eigenvalue weighted by molar-refractivity contribution is 0.389. The van der Waals surface area contributed by atoms with E-state index in [1.807, 2.05) is 34.0 Å². The summed E-state index contributed by atoms with van der Waals surface area (Å²) in [5, 5.41) is 6.90. The molecule has 3 heteroatoms. The van der Waals surface area contributed by atoms with Gasteiger partial charge in [-0.15, -0.1) is 34.0 Å². The summed E-state index contributed by atoms with van der Waals surface area (Å²) in [5.74, 6) is 0. The molecule has 0 spiro atoms. The Labute approximate surface area is 486 Å². The van der Waals surface area contributed by atoms with Crippen LogP contribution >= 0.6 is 34.0 Å². The molecule has 0 nitrogen and oxygen atoms in total. The average molecular weight is 1090 g/mol. The van der Waals surface area contributed by atoms with Crippen molar-refractivity contribution in [3.8, 4) is 64.7 Å². The number of benzene rings is 4. The maximum absolute atomic E-state index is 2.77. The number of unbranched alkanes of at least 4 members (excludes halogenated alkanes) is 18. The minimum atomic E-state index is -0.0803. The normalized spacial score (nSPS) is 14.8. The van der Waals surface area contributed by atoms with Crippen LogP contribution in [0.25, 0.3) is 64.7 Å². The molecule has 3 heterocycles. The molecule has 414 valence electrons. The van der Waals surface area contributed by atoms with E-state index < -0.39 is 0 Å². The van der Waals surface area contributed by atoms with Crippen molar-refractivity contribution < 1.29 is 0 Å². The van der Waals surface area contributed by atoms with Crippen molar-refractivity contribution in [1.82, 2.24) is 0 Å². The average Bonchev–Trinajstić information content (AvgIpc) is 4.18. The van der Waals surface area contributed by atoms with Crippen molar-refractivity contribution in [2.75, 3.05) is 0 Å². The van der Waals surface area contributed by atoms with Crippen LogP contribution in [0.2, 0.25) is 0 Å². The summed E-state index contributed by atoms with van der Waals surface area (Å²) >= 11 is 5.77. The van der Waals surface area contributed by atoms with E-state index in [1.54, 1.807) is 66.8 Å². The summed E-state index contributed by atoms with van der Waals surface area (Å²) in [4.78, 5) is 4.21. The van der Waals surface area contributed by atoms with E-state index in [9.17, 15) is 0 Å². The van der Waals surface area contributed by atoms with E-state index in [4.69, 9.17) is 0 Å². The lowest BCUT2D eigenvalue weighted by Crippen LogP contribution is -2.31. The minimum Gasteiger partial charge on any atom is -0.144 e. The fourth-order valence-corrected chi connectivity index (χ4v) is 17.9. The van der Waals surface area contributed by atoms with Gasteiger partial charge < -0.3 is 0 Å². The molecule has 0 aliphatic heterocycles. The molecule has 7 aromatic rings. The molecule has 3 aromatic heterocycles. The third kappa shape index (κ3) is 11.0. The SMILES string of the molecule is CCCCCCC1(CCCCCC)c2ccc(-c3cccs3)cc2-c2c1c1c(c3c2C(CCCCCC)(CCCCCC)c2ccc(-c4cccs4)cc2-3)C(CCCCCC)(CCCCCC)c2ccc(-c3cccs3)cc2-1. The Morgan fingerprint density at radius 3 is 0.731 bits per heavy atom. The van der Waals surface area contributed by atoms with Gasteiger partial charge in [0.1, 0.15) is 0 Å². The van der Waals surface area contributed by atoms with E-state index in [0.717, 1.165) is 0 Å². The molecule has 0 bridgehead atoms. The Morgan fingerprint density at radius 1 is 0.282 bits per heavy atom. The van der Waals surface area contributed by atoms with Crippen molar-refractivity contribution in [3.63, 3.8) is 0 Å². The molecule has 3 aliphatic rings. The molecule has 0 saturated heterocycles. The van der Waals surface area contributed by atoms with Crippen molar-refractivity contribution in [3.05, 3.63) is 141 Å². The quantitative estimate of drug-likeness (QED) is 0.0360. The predicted molar refractivity (Wildman–Crippen MR) is 348 cm³/mol. The van der Waals surface area contributed by atoms with Crippen LogP contribution in [-0.2, 0) is 16.2 Å². The lowest BCUT2D eigenvalue weighted by Gasteiger charge is -2.39. The molecule has 0 N–H and O–H groups in total. The van der Waals surface area contributed by atoms with E-state index >= 15 is 0 Å². The molecule has 0 saturated carbocycles. The Kier molecular flexibility index (Phi) is 19.6. The van der Waals surface area contributed by atoms with Crippen LogP contribution in [0, 0.1) is 0 Å². The van der Waals surface area contributed by atoms with Gasteiger partial charge in [-0.2, -0.15) is 0 Å². The number of fused-ring (bicyclic) bond motifs is 12. The van der Waals surface area contributed by atoms with Gasteiger partial charge in [0.05, 0.1) is 0 Å². The second-order valence-corrected chi connectivity index (χ2v) is 27.4. The van der Waals surface area contributed by atoms with Gasteiger partial charge in [0.15, 0.2) is 0 Å². The van der Waals surface area contributed by atoms with Crippen molar-refractivity contribution in [2.45, 2.75) is 250 Å². The monoisotopic (exact) mass is 1090 g/mol. The number of hydrogen-bond acceptors (Lipinski definition) is 3. The number of thiophene rings is 3. The Bertz CT molecular complexity index is 2620. The van der Waals surface area contributed by atoms with Gasteiger partial charge in [-0.1, -0.05) is 250 Å². The maximum atomic E-state index is 2.77. The lowest BCUT2D eigenvalue weighted by atomic mass is 9.63. The van der Waals surface area contributed by atoms with Gasteiger partial charge >= 0.3 is 0 Å². The van der Waals surface area contributed by atoms with Crippen LogP contribution < -0.4 is 0 Å². The number of hydrogen-bond donors (Lipinski definition) is 0. The van der Waals surface area contributed by atoms with Gasteiger partial charge in [-0.3, -0.25) is 0 Å². The van der Waals surface area contributed by atoms with E-state index in [2.05, 4.69) is 149 Å². The first-order valence-corrected chi connectivity index (χ1v) is 34.9. The molecular formula is C75H96S3. The van der Waals surface area contributed by atoms with E-state index in [-0.39, 0.29) is 16.2 Å². The highest BCUT2D eigenvalue weighted by atomic mass is 32.1. The first-order valence-electron chi connectivity index (χ1n) is 32.3. The fraction of sp³-hybridized carbons (Fsp3) is 0.520. The number of rotatable bonds is 33. The Balaban J connectivity index is 1.42. The zero-order valence-corrected chi connectivity index (χ0v) is 51.8. The molecule has 10 rings (SSSR count). The molecule has 78 heavy (non-hydrogen) atoms. The third-order valence-electron chi connectivity index (χ3n) is 19.5. The van der Waals surface area contributed by atoms with Gasteiger partial charge in [-0.25, -0.2) is 0 Å². The zero-order valence-electron chi connectivity index (χ0n) is 49.3. The second-order valence-electron chi connectivity index (χ2n) is 24.6. The zero-order chi connectivity index (χ0) is 54.0. The van der Waals surface area contributed by atoms with Gasteiger partial charge in [0, 0.05) is 30.9 Å².